The van der Waals surface area contributed by atoms with E-state index in [9.17, 15) is 36.2 Å². The summed E-state index contributed by atoms with van der Waals surface area (Å²) >= 11 is 5.81. The monoisotopic (exact) mass is 495 g/mol. The Bertz CT molecular complexity index is 1160. The van der Waals surface area contributed by atoms with Gasteiger partial charge in [-0.1, -0.05) is 17.7 Å². The number of nitrogens with zero attached hydrogens (tertiary/aromatic N) is 4. The summed E-state index contributed by atoms with van der Waals surface area (Å²) in [6.07, 6.45) is -8.39. The van der Waals surface area contributed by atoms with Crippen LogP contribution in [0.15, 0.2) is 42.9 Å². The molecule has 1 unspecified atom stereocenters. The average molecular weight is 496 g/mol. The molecule has 0 aliphatic heterocycles. The molecule has 2 aromatic heterocycles. The zero-order valence-corrected chi connectivity index (χ0v) is 17.5. The van der Waals surface area contributed by atoms with Gasteiger partial charge >= 0.3 is 12.4 Å². The zero-order valence-electron chi connectivity index (χ0n) is 16.7. The first-order valence-corrected chi connectivity index (χ1v) is 9.60. The molecule has 14 heteroatoms. The van der Waals surface area contributed by atoms with Crippen LogP contribution >= 0.6 is 11.6 Å². The molecule has 1 aromatic carbocycles. The maximum atomic E-state index is 13.7. The Hall–Kier alpha value is -3.06. The van der Waals surface area contributed by atoms with Gasteiger partial charge in [0.15, 0.2) is 5.69 Å². The predicted octanol–water partition coefficient (Wildman–Crippen LogP) is 3.85. The van der Waals surface area contributed by atoms with Crippen molar-refractivity contribution < 1.29 is 36.2 Å². The summed E-state index contributed by atoms with van der Waals surface area (Å²) in [7, 11) is 1.23. The highest BCUT2D eigenvalue weighted by molar-refractivity contribution is 6.30. The lowest BCUT2D eigenvalue weighted by Crippen LogP contribution is -2.46. The van der Waals surface area contributed by atoms with E-state index in [4.69, 9.17) is 11.6 Å². The molecule has 0 saturated heterocycles. The van der Waals surface area contributed by atoms with Crippen LogP contribution in [0, 0.1) is 0 Å². The number of benzene rings is 1. The van der Waals surface area contributed by atoms with Gasteiger partial charge in [-0.05, 0) is 18.2 Å². The van der Waals surface area contributed by atoms with Gasteiger partial charge in [0, 0.05) is 37.4 Å². The van der Waals surface area contributed by atoms with E-state index in [1.165, 1.54) is 37.5 Å². The summed E-state index contributed by atoms with van der Waals surface area (Å²) in [6, 6.07) is 5.29. The predicted molar refractivity (Wildman–Crippen MR) is 104 cm³/mol. The minimum atomic E-state index is -5.16. The molecular weight excluding hydrogens is 480 g/mol. The summed E-state index contributed by atoms with van der Waals surface area (Å²) in [5.41, 5.74) is -5.85. The van der Waals surface area contributed by atoms with E-state index < -0.39 is 53.9 Å². The van der Waals surface area contributed by atoms with E-state index >= 15 is 0 Å². The number of carbonyl (C=O) groups is 1. The molecule has 0 aliphatic carbocycles. The van der Waals surface area contributed by atoms with Crippen molar-refractivity contribution >= 4 is 17.5 Å². The second kappa shape index (κ2) is 8.71. The van der Waals surface area contributed by atoms with Crippen molar-refractivity contribution in [2.75, 3.05) is 6.54 Å². The highest BCUT2D eigenvalue weighted by atomic mass is 35.5. The first-order chi connectivity index (χ1) is 15.3. The van der Waals surface area contributed by atoms with Gasteiger partial charge in [0.2, 0.25) is 5.60 Å². The zero-order chi connectivity index (χ0) is 24.6. The van der Waals surface area contributed by atoms with Crippen LogP contribution in [0.5, 0.6) is 0 Å². The SMILES string of the molecule is Cn1ccnc1C(O)(CCNC(=O)c1cnn(-c2cccc(Cl)c2)c1C(F)(F)F)C(F)(F)F. The molecule has 1 atom stereocenters. The van der Waals surface area contributed by atoms with Gasteiger partial charge in [0.05, 0.1) is 17.4 Å². The molecule has 0 saturated carbocycles. The van der Waals surface area contributed by atoms with Crippen molar-refractivity contribution in [1.29, 1.82) is 0 Å². The summed E-state index contributed by atoms with van der Waals surface area (Å²) < 4.78 is 83.2. The molecule has 0 fully saturated rings. The van der Waals surface area contributed by atoms with Crippen LogP contribution in [0.1, 0.15) is 28.3 Å². The van der Waals surface area contributed by atoms with E-state index in [0.29, 0.717) is 10.9 Å². The summed E-state index contributed by atoms with van der Waals surface area (Å²) in [5.74, 6) is -2.05. The van der Waals surface area contributed by atoms with Gasteiger partial charge in [-0.15, -0.1) is 0 Å². The Morgan fingerprint density at radius 2 is 1.91 bits per heavy atom. The number of rotatable bonds is 6. The second-order valence-electron chi connectivity index (χ2n) is 7.02. The topological polar surface area (TPSA) is 85.0 Å². The number of aryl methyl sites for hydroxylation is 1. The highest BCUT2D eigenvalue weighted by Gasteiger charge is 2.57. The second-order valence-corrected chi connectivity index (χ2v) is 7.46. The first-order valence-electron chi connectivity index (χ1n) is 9.22. The lowest BCUT2D eigenvalue weighted by molar-refractivity contribution is -0.272. The number of amides is 1. The molecule has 0 aliphatic rings. The van der Waals surface area contributed by atoms with Crippen molar-refractivity contribution in [3.05, 3.63) is 65.0 Å². The fraction of sp³-hybridized carbons (Fsp3) is 0.316. The summed E-state index contributed by atoms with van der Waals surface area (Å²) in [5, 5.41) is 16.0. The Kier molecular flexibility index (Phi) is 6.48. The minimum Gasteiger partial charge on any atom is -0.374 e. The van der Waals surface area contributed by atoms with Crippen LogP contribution in [0.2, 0.25) is 5.02 Å². The quantitative estimate of drug-likeness (QED) is 0.509. The van der Waals surface area contributed by atoms with E-state index in [1.807, 2.05) is 5.32 Å². The van der Waals surface area contributed by atoms with Gasteiger partial charge < -0.3 is 15.0 Å². The van der Waals surface area contributed by atoms with Gasteiger partial charge in [-0.3, -0.25) is 4.79 Å². The van der Waals surface area contributed by atoms with Gasteiger partial charge in [0.1, 0.15) is 5.82 Å². The molecule has 0 spiro atoms. The van der Waals surface area contributed by atoms with E-state index in [-0.39, 0.29) is 10.7 Å². The van der Waals surface area contributed by atoms with E-state index in [2.05, 4.69) is 10.1 Å². The number of hydrogen-bond donors (Lipinski definition) is 2. The Morgan fingerprint density at radius 1 is 1.21 bits per heavy atom. The molecule has 0 bridgehead atoms. The maximum absolute atomic E-state index is 13.7. The van der Waals surface area contributed by atoms with E-state index in [0.717, 1.165) is 10.8 Å². The number of nitrogens with one attached hydrogen (secondary N) is 1. The van der Waals surface area contributed by atoms with Crippen LogP contribution in [0.4, 0.5) is 26.3 Å². The molecule has 178 valence electrons. The van der Waals surface area contributed by atoms with Crippen molar-refractivity contribution in [2.24, 2.45) is 7.05 Å². The van der Waals surface area contributed by atoms with Crippen LogP contribution in [-0.2, 0) is 18.8 Å². The fourth-order valence-corrected chi connectivity index (χ4v) is 3.37. The Balaban J connectivity index is 1.86. The molecule has 0 radical (unpaired) electrons. The first kappa shape index (κ1) is 24.6. The van der Waals surface area contributed by atoms with Crippen molar-refractivity contribution in [3.63, 3.8) is 0 Å². The lowest BCUT2D eigenvalue weighted by Gasteiger charge is -2.30. The number of imidazole rings is 1. The number of aromatic nitrogens is 4. The Labute approximate surface area is 187 Å². The largest absolute Gasteiger partial charge is 0.434 e. The van der Waals surface area contributed by atoms with Crippen LogP contribution < -0.4 is 5.32 Å². The third-order valence-electron chi connectivity index (χ3n) is 4.77. The fourth-order valence-electron chi connectivity index (χ4n) is 3.19. The number of halogens is 7. The Morgan fingerprint density at radius 3 is 2.45 bits per heavy atom. The number of carbonyl (C=O) groups excluding carboxylic acids is 1. The molecular formula is C19H16ClF6N5O2. The van der Waals surface area contributed by atoms with Crippen molar-refractivity contribution in [3.8, 4) is 5.69 Å². The molecule has 7 nitrogen and oxygen atoms in total. The van der Waals surface area contributed by atoms with Gasteiger partial charge in [-0.2, -0.15) is 31.4 Å². The lowest BCUT2D eigenvalue weighted by atomic mass is 9.97. The third kappa shape index (κ3) is 4.83. The number of aliphatic hydroxyl groups is 1. The van der Waals surface area contributed by atoms with Crippen molar-refractivity contribution in [2.45, 2.75) is 24.4 Å². The summed E-state index contributed by atoms with van der Waals surface area (Å²) in [4.78, 5) is 15.9. The minimum absolute atomic E-state index is 0.0740. The molecule has 2 heterocycles. The molecule has 1 amide bonds. The maximum Gasteiger partial charge on any atom is 0.434 e. The molecule has 33 heavy (non-hydrogen) atoms. The van der Waals surface area contributed by atoms with E-state index in [1.54, 1.807) is 0 Å². The molecule has 2 N–H and O–H groups in total. The standard InChI is InChI=1S/C19H16ClF6N5O2/c1-30-8-7-28-16(30)17(33,19(24,25)26)5-6-27-15(32)13-10-29-31(14(13)18(21,22)23)12-4-2-3-11(20)9-12/h2-4,7-10,33H,5-6H2,1H3,(H,27,32). The van der Waals surface area contributed by atoms with Gasteiger partial charge in [0.25, 0.3) is 5.91 Å². The van der Waals surface area contributed by atoms with Gasteiger partial charge in [-0.25, -0.2) is 9.67 Å². The number of hydrogen-bond acceptors (Lipinski definition) is 4. The van der Waals surface area contributed by atoms with Crippen LogP contribution in [0.3, 0.4) is 0 Å². The highest BCUT2D eigenvalue weighted by Crippen LogP contribution is 2.40. The molecule has 3 rings (SSSR count). The normalized spacial score (nSPS) is 14.2. The third-order valence-corrected chi connectivity index (χ3v) is 5.00. The average Bonchev–Trinajstić information content (AvgIpc) is 3.33. The number of alkyl halides is 6. The van der Waals surface area contributed by atoms with Crippen LogP contribution in [-0.4, -0.2) is 43.1 Å². The van der Waals surface area contributed by atoms with Crippen molar-refractivity contribution in [1.82, 2.24) is 24.6 Å². The molecule has 3 aromatic rings. The van der Waals surface area contributed by atoms with Crippen LogP contribution in [0.25, 0.3) is 5.69 Å². The smallest absolute Gasteiger partial charge is 0.374 e. The summed E-state index contributed by atoms with van der Waals surface area (Å²) in [6.45, 7) is -0.804.